The minimum atomic E-state index is -0.208. The summed E-state index contributed by atoms with van der Waals surface area (Å²) in [5.41, 5.74) is 6.00. The van der Waals surface area contributed by atoms with E-state index in [0.717, 1.165) is 25.7 Å². The van der Waals surface area contributed by atoms with Crippen LogP contribution in [0.25, 0.3) is 0 Å². The molecule has 0 radical (unpaired) electrons. The number of hydrogen-bond donors (Lipinski definition) is 2. The second kappa shape index (κ2) is 9.55. The number of amides is 1. The molecule has 108 valence electrons. The number of nitrogens with one attached hydrogen (secondary N) is 1. The summed E-state index contributed by atoms with van der Waals surface area (Å²) in [6.45, 7) is 1.59. The smallest absolute Gasteiger partial charge is 0.246 e. The van der Waals surface area contributed by atoms with Gasteiger partial charge in [-0.15, -0.1) is 12.4 Å². The van der Waals surface area contributed by atoms with E-state index in [-0.39, 0.29) is 30.5 Å². The van der Waals surface area contributed by atoms with Crippen molar-refractivity contribution in [3.63, 3.8) is 0 Å². The predicted molar refractivity (Wildman–Crippen MR) is 73.0 cm³/mol. The summed E-state index contributed by atoms with van der Waals surface area (Å²) >= 11 is 0. The number of carbonyl (C=O) groups is 1. The molecule has 3 N–H and O–H groups in total. The van der Waals surface area contributed by atoms with E-state index in [1.54, 1.807) is 7.11 Å². The van der Waals surface area contributed by atoms with E-state index < -0.39 is 0 Å². The van der Waals surface area contributed by atoms with Crippen molar-refractivity contribution in [1.29, 1.82) is 0 Å². The van der Waals surface area contributed by atoms with Crippen molar-refractivity contribution in [2.24, 2.45) is 5.73 Å². The van der Waals surface area contributed by atoms with Crippen LogP contribution in [0.1, 0.15) is 32.1 Å². The molecule has 0 aromatic heterocycles. The van der Waals surface area contributed by atoms with Gasteiger partial charge in [-0.2, -0.15) is 0 Å². The molecule has 0 unspecified atom stereocenters. The van der Waals surface area contributed by atoms with Crippen LogP contribution in [-0.2, 0) is 14.3 Å². The Morgan fingerprint density at radius 2 is 1.94 bits per heavy atom. The molecule has 1 amide bonds. The number of rotatable bonds is 7. The van der Waals surface area contributed by atoms with Gasteiger partial charge in [-0.05, 0) is 12.8 Å². The Balaban J connectivity index is 0.00000289. The Kier molecular flexibility index (Phi) is 9.36. The molecule has 0 aromatic carbocycles. The monoisotopic (exact) mass is 280 g/mol. The second-order valence-corrected chi connectivity index (χ2v) is 4.75. The summed E-state index contributed by atoms with van der Waals surface area (Å²) in [5, 5.41) is 2.84. The molecule has 1 fully saturated rings. The van der Waals surface area contributed by atoms with Gasteiger partial charge in [0, 0.05) is 19.2 Å². The lowest BCUT2D eigenvalue weighted by atomic mass is 9.82. The van der Waals surface area contributed by atoms with E-state index in [9.17, 15) is 4.79 Å². The maximum Gasteiger partial charge on any atom is 0.246 e. The third kappa shape index (κ3) is 7.16. The molecule has 1 aliphatic carbocycles. The fourth-order valence-electron chi connectivity index (χ4n) is 2.07. The lowest BCUT2D eigenvalue weighted by molar-refractivity contribution is -0.126. The number of ether oxygens (including phenoxy) is 2. The average Bonchev–Trinajstić information content (AvgIpc) is 2.33. The fourth-order valence-corrected chi connectivity index (χ4v) is 2.07. The number of halogens is 1. The van der Waals surface area contributed by atoms with Gasteiger partial charge in [0.1, 0.15) is 6.61 Å². The quantitative estimate of drug-likeness (QED) is 0.678. The van der Waals surface area contributed by atoms with Gasteiger partial charge in [0.05, 0.1) is 13.2 Å². The topological polar surface area (TPSA) is 73.6 Å². The van der Waals surface area contributed by atoms with Crippen LogP contribution in [0.2, 0.25) is 0 Å². The highest BCUT2D eigenvalue weighted by atomic mass is 35.5. The molecule has 1 aliphatic rings. The van der Waals surface area contributed by atoms with Crippen LogP contribution >= 0.6 is 12.4 Å². The van der Waals surface area contributed by atoms with Crippen LogP contribution in [0, 0.1) is 0 Å². The first-order valence-electron chi connectivity index (χ1n) is 6.28. The molecule has 18 heavy (non-hydrogen) atoms. The van der Waals surface area contributed by atoms with E-state index in [1.807, 2.05) is 0 Å². The van der Waals surface area contributed by atoms with E-state index in [2.05, 4.69) is 5.32 Å². The van der Waals surface area contributed by atoms with Gasteiger partial charge < -0.3 is 20.5 Å². The van der Waals surface area contributed by atoms with E-state index >= 15 is 0 Å². The summed E-state index contributed by atoms with van der Waals surface area (Å²) in [6.07, 6.45) is 5.58. The molecular weight excluding hydrogens is 256 g/mol. The first-order valence-corrected chi connectivity index (χ1v) is 6.28. The van der Waals surface area contributed by atoms with Crippen molar-refractivity contribution >= 4 is 18.3 Å². The highest BCUT2D eigenvalue weighted by molar-refractivity contribution is 5.85. The highest BCUT2D eigenvalue weighted by Gasteiger charge is 2.27. The SMILES string of the molecule is COCCOCC(=O)NCC1(N)CCCCC1.Cl. The summed E-state index contributed by atoms with van der Waals surface area (Å²) in [6, 6.07) is 0. The zero-order valence-electron chi connectivity index (χ0n) is 11.1. The lowest BCUT2D eigenvalue weighted by Crippen LogP contribution is -2.51. The molecule has 0 heterocycles. The molecule has 1 rings (SSSR count). The third-order valence-electron chi connectivity index (χ3n) is 3.15. The van der Waals surface area contributed by atoms with Crippen molar-refractivity contribution < 1.29 is 14.3 Å². The minimum Gasteiger partial charge on any atom is -0.382 e. The zero-order valence-corrected chi connectivity index (χ0v) is 11.9. The average molecular weight is 281 g/mol. The van der Waals surface area contributed by atoms with Gasteiger partial charge in [0.25, 0.3) is 0 Å². The molecule has 5 nitrogen and oxygen atoms in total. The summed E-state index contributed by atoms with van der Waals surface area (Å²) in [7, 11) is 1.60. The van der Waals surface area contributed by atoms with Gasteiger partial charge in [0.15, 0.2) is 0 Å². The van der Waals surface area contributed by atoms with Crippen LogP contribution in [0.5, 0.6) is 0 Å². The zero-order chi connectivity index (χ0) is 12.6. The van der Waals surface area contributed by atoms with Crippen molar-refractivity contribution in [3.8, 4) is 0 Å². The molecule has 0 bridgehead atoms. The summed E-state index contributed by atoms with van der Waals surface area (Å²) in [4.78, 5) is 11.5. The summed E-state index contributed by atoms with van der Waals surface area (Å²) < 4.78 is 9.95. The van der Waals surface area contributed by atoms with Crippen LogP contribution in [0.4, 0.5) is 0 Å². The molecule has 0 aromatic rings. The van der Waals surface area contributed by atoms with Crippen molar-refractivity contribution in [2.75, 3.05) is 33.5 Å². The summed E-state index contributed by atoms with van der Waals surface area (Å²) in [5.74, 6) is -0.100. The minimum absolute atomic E-state index is 0. The van der Waals surface area contributed by atoms with Crippen molar-refractivity contribution in [1.82, 2.24) is 5.32 Å². The molecule has 6 heteroatoms. The Morgan fingerprint density at radius 3 is 2.56 bits per heavy atom. The van der Waals surface area contributed by atoms with Crippen LogP contribution < -0.4 is 11.1 Å². The van der Waals surface area contributed by atoms with Gasteiger partial charge in [-0.25, -0.2) is 0 Å². The van der Waals surface area contributed by atoms with Crippen molar-refractivity contribution in [2.45, 2.75) is 37.6 Å². The van der Waals surface area contributed by atoms with Gasteiger partial charge >= 0.3 is 0 Å². The van der Waals surface area contributed by atoms with E-state index in [1.165, 1.54) is 6.42 Å². The number of methoxy groups -OCH3 is 1. The second-order valence-electron chi connectivity index (χ2n) is 4.75. The first kappa shape index (κ1) is 17.6. The largest absolute Gasteiger partial charge is 0.382 e. The normalized spacial score (nSPS) is 17.9. The maximum absolute atomic E-state index is 11.5. The van der Waals surface area contributed by atoms with Crippen LogP contribution in [-0.4, -0.2) is 44.9 Å². The highest BCUT2D eigenvalue weighted by Crippen LogP contribution is 2.24. The number of nitrogens with two attached hydrogens (primary N) is 1. The molecular formula is C12H25ClN2O3. The Morgan fingerprint density at radius 1 is 1.28 bits per heavy atom. The molecule has 0 saturated heterocycles. The van der Waals surface area contributed by atoms with Gasteiger partial charge in [-0.1, -0.05) is 19.3 Å². The standard InChI is InChI=1S/C12H24N2O3.ClH/c1-16-7-8-17-9-11(15)14-10-12(13)5-3-2-4-6-12;/h2-10,13H2,1H3,(H,14,15);1H. The van der Waals surface area contributed by atoms with E-state index in [4.69, 9.17) is 15.2 Å². The van der Waals surface area contributed by atoms with Crippen LogP contribution in [0.3, 0.4) is 0 Å². The van der Waals surface area contributed by atoms with E-state index in [0.29, 0.717) is 19.8 Å². The number of carbonyl (C=O) groups excluding carboxylic acids is 1. The molecule has 0 atom stereocenters. The van der Waals surface area contributed by atoms with Crippen molar-refractivity contribution in [3.05, 3.63) is 0 Å². The first-order chi connectivity index (χ1) is 8.16. The Hall–Kier alpha value is -0.360. The molecule has 1 saturated carbocycles. The molecule has 0 aliphatic heterocycles. The van der Waals surface area contributed by atoms with Gasteiger partial charge in [-0.3, -0.25) is 4.79 Å². The number of hydrogen-bond acceptors (Lipinski definition) is 4. The molecule has 0 spiro atoms. The lowest BCUT2D eigenvalue weighted by Gasteiger charge is -2.33. The van der Waals surface area contributed by atoms with Crippen LogP contribution in [0.15, 0.2) is 0 Å². The maximum atomic E-state index is 11.5. The van der Waals surface area contributed by atoms with Gasteiger partial charge in [0.2, 0.25) is 5.91 Å². The predicted octanol–water partition coefficient (Wildman–Crippen LogP) is 0.849. The Bertz CT molecular complexity index is 233. The Labute approximate surface area is 115 Å². The fraction of sp³-hybridized carbons (Fsp3) is 0.917. The third-order valence-corrected chi connectivity index (χ3v) is 3.15.